The van der Waals surface area contributed by atoms with Crippen molar-refractivity contribution in [3.05, 3.63) is 58.1 Å². The standard InChI is InChI=1S/C17H16BrNO2/c1-11-6-7-14(18)9-15(11)19-17(20)13-8-12-4-2-3-5-16(12)21-10-13/h2-7,9,13H,8,10H2,1H3,(H,19,20). The van der Waals surface area contributed by atoms with Crippen LogP contribution in [-0.4, -0.2) is 12.5 Å². The summed E-state index contributed by atoms with van der Waals surface area (Å²) in [5.74, 6) is 0.740. The van der Waals surface area contributed by atoms with Gasteiger partial charge >= 0.3 is 0 Å². The van der Waals surface area contributed by atoms with E-state index in [1.54, 1.807) is 0 Å². The molecule has 1 amide bonds. The Bertz CT molecular complexity index is 684. The van der Waals surface area contributed by atoms with Crippen LogP contribution in [0.25, 0.3) is 0 Å². The number of aryl methyl sites for hydroxylation is 1. The van der Waals surface area contributed by atoms with Crippen molar-refractivity contribution in [3.8, 4) is 5.75 Å². The molecular weight excluding hydrogens is 330 g/mol. The van der Waals surface area contributed by atoms with E-state index in [2.05, 4.69) is 21.2 Å². The van der Waals surface area contributed by atoms with Crippen LogP contribution in [0.15, 0.2) is 46.9 Å². The molecule has 0 radical (unpaired) electrons. The number of hydrogen-bond donors (Lipinski definition) is 1. The number of rotatable bonds is 2. The SMILES string of the molecule is Cc1ccc(Br)cc1NC(=O)C1COc2ccccc2C1. The van der Waals surface area contributed by atoms with Crippen LogP contribution in [0.2, 0.25) is 0 Å². The van der Waals surface area contributed by atoms with Crippen LogP contribution in [-0.2, 0) is 11.2 Å². The van der Waals surface area contributed by atoms with Crippen molar-refractivity contribution >= 4 is 27.5 Å². The summed E-state index contributed by atoms with van der Waals surface area (Å²) >= 11 is 3.43. The molecule has 1 unspecified atom stereocenters. The third kappa shape index (κ3) is 3.10. The molecule has 0 fully saturated rings. The van der Waals surface area contributed by atoms with Crippen molar-refractivity contribution < 1.29 is 9.53 Å². The number of anilines is 1. The molecule has 0 bridgehead atoms. The van der Waals surface area contributed by atoms with Gasteiger partial charge in [0, 0.05) is 10.2 Å². The summed E-state index contributed by atoms with van der Waals surface area (Å²) in [6.45, 7) is 2.41. The van der Waals surface area contributed by atoms with Crippen molar-refractivity contribution in [1.29, 1.82) is 0 Å². The number of nitrogens with one attached hydrogen (secondary N) is 1. The molecule has 2 aromatic rings. The molecule has 3 nitrogen and oxygen atoms in total. The molecule has 0 aromatic heterocycles. The highest BCUT2D eigenvalue weighted by molar-refractivity contribution is 9.10. The van der Waals surface area contributed by atoms with E-state index in [9.17, 15) is 4.79 Å². The second kappa shape index (κ2) is 5.90. The maximum atomic E-state index is 12.4. The molecule has 0 spiro atoms. The Labute approximate surface area is 132 Å². The number of benzene rings is 2. The zero-order valence-corrected chi connectivity index (χ0v) is 13.3. The van der Waals surface area contributed by atoms with Gasteiger partial charge in [-0.05, 0) is 42.7 Å². The first kappa shape index (κ1) is 14.1. The van der Waals surface area contributed by atoms with Crippen LogP contribution in [0, 0.1) is 12.8 Å². The van der Waals surface area contributed by atoms with Crippen LogP contribution in [0.4, 0.5) is 5.69 Å². The molecule has 1 N–H and O–H groups in total. The molecule has 0 aliphatic carbocycles. The van der Waals surface area contributed by atoms with E-state index >= 15 is 0 Å². The fraction of sp³-hybridized carbons (Fsp3) is 0.235. The number of fused-ring (bicyclic) bond motifs is 1. The predicted molar refractivity (Wildman–Crippen MR) is 86.6 cm³/mol. The molecule has 2 aromatic carbocycles. The topological polar surface area (TPSA) is 38.3 Å². The first-order chi connectivity index (χ1) is 10.1. The average molecular weight is 346 g/mol. The summed E-state index contributed by atoms with van der Waals surface area (Å²) in [5.41, 5.74) is 2.98. The van der Waals surface area contributed by atoms with Gasteiger partial charge in [-0.2, -0.15) is 0 Å². The average Bonchev–Trinajstić information content (AvgIpc) is 2.50. The zero-order valence-electron chi connectivity index (χ0n) is 11.7. The number of ether oxygens (including phenoxy) is 1. The molecule has 1 atom stereocenters. The number of carbonyl (C=O) groups is 1. The smallest absolute Gasteiger partial charge is 0.231 e. The summed E-state index contributed by atoms with van der Waals surface area (Å²) in [7, 11) is 0. The first-order valence-electron chi connectivity index (χ1n) is 6.91. The molecule has 1 aliphatic heterocycles. The molecule has 0 saturated carbocycles. The molecule has 4 heteroatoms. The van der Waals surface area contributed by atoms with Crippen LogP contribution < -0.4 is 10.1 Å². The van der Waals surface area contributed by atoms with Crippen LogP contribution in [0.1, 0.15) is 11.1 Å². The van der Waals surface area contributed by atoms with E-state index in [0.29, 0.717) is 6.61 Å². The molecular formula is C17H16BrNO2. The summed E-state index contributed by atoms with van der Waals surface area (Å²) in [4.78, 5) is 12.4. The molecule has 1 aliphatic rings. The Balaban J connectivity index is 1.74. The van der Waals surface area contributed by atoms with Gasteiger partial charge in [0.05, 0.1) is 5.92 Å². The summed E-state index contributed by atoms with van der Waals surface area (Å²) in [6, 6.07) is 13.7. The largest absolute Gasteiger partial charge is 0.492 e. The number of hydrogen-bond acceptors (Lipinski definition) is 2. The van der Waals surface area contributed by atoms with E-state index in [1.807, 2.05) is 49.4 Å². The third-order valence-corrected chi connectivity index (χ3v) is 4.20. The van der Waals surface area contributed by atoms with Gasteiger partial charge < -0.3 is 10.1 Å². The number of halogens is 1. The fourth-order valence-corrected chi connectivity index (χ4v) is 2.82. The molecule has 21 heavy (non-hydrogen) atoms. The Kier molecular flexibility index (Phi) is 3.97. The maximum absolute atomic E-state index is 12.4. The van der Waals surface area contributed by atoms with E-state index in [1.165, 1.54) is 0 Å². The Hall–Kier alpha value is -1.81. The van der Waals surface area contributed by atoms with Crippen molar-refractivity contribution in [1.82, 2.24) is 0 Å². The van der Waals surface area contributed by atoms with Gasteiger partial charge in [0.2, 0.25) is 5.91 Å². The fourth-order valence-electron chi connectivity index (χ4n) is 2.46. The maximum Gasteiger partial charge on any atom is 0.231 e. The van der Waals surface area contributed by atoms with Crippen LogP contribution in [0.3, 0.4) is 0 Å². The highest BCUT2D eigenvalue weighted by atomic mass is 79.9. The molecule has 1 heterocycles. The van der Waals surface area contributed by atoms with Crippen LogP contribution >= 0.6 is 15.9 Å². The highest BCUT2D eigenvalue weighted by Gasteiger charge is 2.26. The van der Waals surface area contributed by atoms with Crippen molar-refractivity contribution in [3.63, 3.8) is 0 Å². The van der Waals surface area contributed by atoms with E-state index in [0.717, 1.165) is 33.5 Å². The zero-order chi connectivity index (χ0) is 14.8. The van der Waals surface area contributed by atoms with Gasteiger partial charge in [-0.25, -0.2) is 0 Å². The molecule has 108 valence electrons. The lowest BCUT2D eigenvalue weighted by Crippen LogP contribution is -2.32. The number of para-hydroxylation sites is 1. The minimum absolute atomic E-state index is 0.00528. The Morgan fingerprint density at radius 2 is 2.10 bits per heavy atom. The van der Waals surface area contributed by atoms with Crippen LogP contribution in [0.5, 0.6) is 5.75 Å². The van der Waals surface area contributed by atoms with E-state index < -0.39 is 0 Å². The van der Waals surface area contributed by atoms with Gasteiger partial charge in [0.1, 0.15) is 12.4 Å². The summed E-state index contributed by atoms with van der Waals surface area (Å²) in [6.07, 6.45) is 0.717. The van der Waals surface area contributed by atoms with Gasteiger partial charge in [-0.3, -0.25) is 4.79 Å². The Morgan fingerprint density at radius 3 is 2.95 bits per heavy atom. The summed E-state index contributed by atoms with van der Waals surface area (Å²) < 4.78 is 6.63. The number of carbonyl (C=O) groups excluding carboxylic acids is 1. The second-order valence-corrected chi connectivity index (χ2v) is 6.18. The quantitative estimate of drug-likeness (QED) is 0.894. The number of amides is 1. The normalized spacial score (nSPS) is 16.8. The second-order valence-electron chi connectivity index (χ2n) is 5.27. The third-order valence-electron chi connectivity index (χ3n) is 3.71. The molecule has 3 rings (SSSR count). The van der Waals surface area contributed by atoms with Gasteiger partial charge in [-0.15, -0.1) is 0 Å². The van der Waals surface area contributed by atoms with E-state index in [4.69, 9.17) is 4.74 Å². The van der Waals surface area contributed by atoms with E-state index in [-0.39, 0.29) is 11.8 Å². The Morgan fingerprint density at radius 1 is 1.29 bits per heavy atom. The van der Waals surface area contributed by atoms with Crippen molar-refractivity contribution in [2.24, 2.45) is 5.92 Å². The molecule has 0 saturated heterocycles. The first-order valence-corrected chi connectivity index (χ1v) is 7.70. The van der Waals surface area contributed by atoms with Gasteiger partial charge in [-0.1, -0.05) is 40.2 Å². The van der Waals surface area contributed by atoms with Crippen molar-refractivity contribution in [2.45, 2.75) is 13.3 Å². The minimum Gasteiger partial charge on any atom is -0.492 e. The summed E-state index contributed by atoms with van der Waals surface area (Å²) in [5, 5.41) is 3.00. The van der Waals surface area contributed by atoms with Gasteiger partial charge in [0.25, 0.3) is 0 Å². The lowest BCUT2D eigenvalue weighted by Gasteiger charge is -2.24. The van der Waals surface area contributed by atoms with Gasteiger partial charge in [0.15, 0.2) is 0 Å². The lowest BCUT2D eigenvalue weighted by molar-refractivity contribution is -0.121. The minimum atomic E-state index is -0.154. The predicted octanol–water partition coefficient (Wildman–Crippen LogP) is 3.95. The highest BCUT2D eigenvalue weighted by Crippen LogP contribution is 2.28. The lowest BCUT2D eigenvalue weighted by atomic mass is 9.96. The van der Waals surface area contributed by atoms with Crippen molar-refractivity contribution in [2.75, 3.05) is 11.9 Å². The monoisotopic (exact) mass is 345 g/mol.